The van der Waals surface area contributed by atoms with Crippen LogP contribution in [0.15, 0.2) is 127 Å². The summed E-state index contributed by atoms with van der Waals surface area (Å²) in [6.45, 7) is 0.379. The largest absolute Gasteiger partial charge is 0.334 e. The minimum atomic E-state index is 0.317. The van der Waals surface area contributed by atoms with E-state index in [1.165, 1.54) is 66.5 Å². The van der Waals surface area contributed by atoms with Gasteiger partial charge in [-0.25, -0.2) is 0 Å². The monoisotopic (exact) mass is 574 g/mol. The summed E-state index contributed by atoms with van der Waals surface area (Å²) in [5, 5.41) is 2.77. The molecular weight excluding hydrogens is 543 g/mol. The molecule has 2 aromatic heterocycles. The molecule has 0 fully saturated rings. The van der Waals surface area contributed by atoms with Gasteiger partial charge < -0.3 is 9.13 Å². The third kappa shape index (κ3) is 3.06. The first-order valence-corrected chi connectivity index (χ1v) is 16.6. The highest BCUT2D eigenvalue weighted by molar-refractivity contribution is 6.84. The Bertz CT molecular complexity index is 2380. The Morgan fingerprint density at radius 2 is 1.56 bits per heavy atom. The number of hydrogen-bond acceptors (Lipinski definition) is 0. The van der Waals surface area contributed by atoms with Gasteiger partial charge in [0, 0.05) is 38.9 Å². The quantitative estimate of drug-likeness (QED) is 0.182. The van der Waals surface area contributed by atoms with Crippen LogP contribution in [-0.2, 0) is 6.42 Å². The maximum atomic E-state index is 2.73. The van der Waals surface area contributed by atoms with Crippen molar-refractivity contribution in [3.8, 4) is 11.1 Å². The van der Waals surface area contributed by atoms with E-state index in [0.717, 1.165) is 25.7 Å². The van der Waals surface area contributed by atoms with Crippen molar-refractivity contribution in [1.29, 1.82) is 0 Å². The van der Waals surface area contributed by atoms with Gasteiger partial charge in [-0.1, -0.05) is 109 Å². The lowest BCUT2D eigenvalue weighted by atomic mass is 9.28. The first kappa shape index (κ1) is 24.3. The molecule has 0 N–H and O–H groups in total. The summed E-state index contributed by atoms with van der Waals surface area (Å²) in [6.07, 6.45) is 16.7. The molecule has 4 heterocycles. The molecule has 5 aliphatic rings. The smallest absolute Gasteiger partial charge is 0.221 e. The minimum absolute atomic E-state index is 0.317. The van der Waals surface area contributed by atoms with Crippen LogP contribution in [-0.4, -0.2) is 15.8 Å². The maximum Gasteiger partial charge on any atom is 0.221 e. The van der Waals surface area contributed by atoms with Crippen molar-refractivity contribution in [2.75, 3.05) is 0 Å². The van der Waals surface area contributed by atoms with E-state index in [9.17, 15) is 0 Å². The number of allylic oxidation sites excluding steroid dienone is 6. The second kappa shape index (κ2) is 8.79. The second-order valence-electron chi connectivity index (χ2n) is 13.4. The van der Waals surface area contributed by atoms with E-state index in [1.807, 2.05) is 0 Å². The average Bonchev–Trinajstić information content (AvgIpc) is 3.64. The highest BCUT2D eigenvalue weighted by Crippen LogP contribution is 2.55. The fourth-order valence-electron chi connectivity index (χ4n) is 9.68. The Hall–Kier alpha value is -5.02. The summed E-state index contributed by atoms with van der Waals surface area (Å²) in [5.74, 6) is 0.427. The summed E-state index contributed by atoms with van der Waals surface area (Å²) in [6, 6.07) is 36.6. The van der Waals surface area contributed by atoms with Crippen LogP contribution in [0.3, 0.4) is 0 Å². The molecule has 0 spiro atoms. The Labute approximate surface area is 263 Å². The van der Waals surface area contributed by atoms with Crippen LogP contribution >= 0.6 is 0 Å². The summed E-state index contributed by atoms with van der Waals surface area (Å²) in [4.78, 5) is 0. The molecule has 45 heavy (non-hydrogen) atoms. The van der Waals surface area contributed by atoms with E-state index in [-0.39, 0.29) is 0 Å². The molecule has 11 rings (SSSR count). The summed E-state index contributed by atoms with van der Waals surface area (Å²) >= 11 is 0. The van der Waals surface area contributed by atoms with Crippen molar-refractivity contribution >= 4 is 51.3 Å². The molecule has 2 unspecified atom stereocenters. The minimum Gasteiger partial charge on any atom is -0.334 e. The SMILES string of the molecule is C1=Cc2c(c3c4n2C2=C5B(c6cccc7c8ccc(-c9ccccc9)cc8n(c67)C5CC=C2)C4CC=C3c2ccccc2)CC1. The van der Waals surface area contributed by atoms with Crippen LogP contribution in [0.5, 0.6) is 0 Å². The van der Waals surface area contributed by atoms with Crippen molar-refractivity contribution in [2.45, 2.75) is 37.5 Å². The fourth-order valence-corrected chi connectivity index (χ4v) is 9.68. The number of aromatic nitrogens is 2. The number of rotatable bonds is 2. The number of benzene rings is 4. The van der Waals surface area contributed by atoms with Crippen LogP contribution in [0.4, 0.5) is 0 Å². The first-order chi connectivity index (χ1) is 22.4. The molecule has 0 amide bonds. The molecule has 2 nitrogen and oxygen atoms in total. The second-order valence-corrected chi connectivity index (χ2v) is 13.4. The van der Waals surface area contributed by atoms with Crippen LogP contribution in [0.1, 0.15) is 59.2 Å². The molecule has 0 saturated carbocycles. The normalized spacial score (nSPS) is 20.4. The van der Waals surface area contributed by atoms with Crippen LogP contribution < -0.4 is 5.46 Å². The van der Waals surface area contributed by atoms with E-state index >= 15 is 0 Å². The summed E-state index contributed by atoms with van der Waals surface area (Å²) in [7, 11) is 0. The molecule has 4 aromatic carbocycles. The number of hydrogen-bond donors (Lipinski definition) is 0. The molecule has 212 valence electrons. The van der Waals surface area contributed by atoms with Gasteiger partial charge in [0.15, 0.2) is 0 Å². The van der Waals surface area contributed by atoms with Gasteiger partial charge in [-0.05, 0) is 88.5 Å². The van der Waals surface area contributed by atoms with Gasteiger partial charge >= 0.3 is 0 Å². The lowest BCUT2D eigenvalue weighted by Crippen LogP contribution is -2.50. The van der Waals surface area contributed by atoms with Gasteiger partial charge in [-0.2, -0.15) is 0 Å². The zero-order valence-corrected chi connectivity index (χ0v) is 25.1. The number of fused-ring (bicyclic) bond motifs is 10. The topological polar surface area (TPSA) is 9.86 Å². The van der Waals surface area contributed by atoms with Gasteiger partial charge in [-0.15, -0.1) is 0 Å². The predicted molar refractivity (Wildman–Crippen MR) is 189 cm³/mol. The molecule has 6 aromatic rings. The van der Waals surface area contributed by atoms with E-state index in [1.54, 1.807) is 16.7 Å². The predicted octanol–water partition coefficient (Wildman–Crippen LogP) is 9.36. The van der Waals surface area contributed by atoms with Gasteiger partial charge in [0.1, 0.15) is 0 Å². The number of para-hydroxylation sites is 1. The zero-order valence-electron chi connectivity index (χ0n) is 25.1. The Morgan fingerprint density at radius 1 is 0.711 bits per heavy atom. The highest BCUT2D eigenvalue weighted by atomic mass is 15.1. The molecule has 3 aliphatic carbocycles. The zero-order chi connectivity index (χ0) is 29.2. The molecular formula is C42H31BN2. The Kier molecular flexibility index (Phi) is 4.75. The molecule has 0 bridgehead atoms. The lowest BCUT2D eigenvalue weighted by Gasteiger charge is -2.45. The molecule has 2 aliphatic heterocycles. The van der Waals surface area contributed by atoms with Gasteiger partial charge in [0.05, 0.1) is 11.6 Å². The van der Waals surface area contributed by atoms with E-state index in [0.29, 0.717) is 18.6 Å². The van der Waals surface area contributed by atoms with Crippen LogP contribution in [0.2, 0.25) is 0 Å². The highest BCUT2D eigenvalue weighted by Gasteiger charge is 2.50. The maximum absolute atomic E-state index is 2.73. The average molecular weight is 575 g/mol. The van der Waals surface area contributed by atoms with Crippen molar-refractivity contribution in [1.82, 2.24) is 9.13 Å². The van der Waals surface area contributed by atoms with Crippen molar-refractivity contribution < 1.29 is 0 Å². The third-order valence-electron chi connectivity index (χ3n) is 11.3. The number of nitrogens with zero attached hydrogens (tertiary/aromatic N) is 2. The lowest BCUT2D eigenvalue weighted by molar-refractivity contribution is 0.617. The van der Waals surface area contributed by atoms with Crippen LogP contribution in [0.25, 0.3) is 50.3 Å². The fraction of sp³-hybridized carbons (Fsp3) is 0.143. The molecule has 0 radical (unpaired) electrons. The van der Waals surface area contributed by atoms with Gasteiger partial charge in [0.2, 0.25) is 6.71 Å². The molecule has 2 atom stereocenters. The van der Waals surface area contributed by atoms with Crippen molar-refractivity contribution in [3.63, 3.8) is 0 Å². The van der Waals surface area contributed by atoms with E-state index in [2.05, 4.69) is 137 Å². The standard InChI is InChI=1S/C42H31BN2/c1-3-11-26(12-4-1)28-21-22-30-31-16-9-17-33-41(31)45(38(30)25-28)37-20-10-19-36-40(37)43(33)34-24-23-29(27-13-5-2-6-14-27)39-32-15-7-8-18-35(32)44(36)42(34)39/h1-6,8-14,16-19,21-23,25,34,37H,7,15,20,24H2. The van der Waals surface area contributed by atoms with Gasteiger partial charge in [-0.3, -0.25) is 0 Å². The third-order valence-corrected chi connectivity index (χ3v) is 11.3. The van der Waals surface area contributed by atoms with Crippen LogP contribution in [0, 0.1) is 0 Å². The molecule has 0 saturated heterocycles. The first-order valence-electron chi connectivity index (χ1n) is 16.6. The van der Waals surface area contributed by atoms with Gasteiger partial charge in [0.25, 0.3) is 0 Å². The van der Waals surface area contributed by atoms with E-state index in [4.69, 9.17) is 0 Å². The molecule has 3 heteroatoms. The van der Waals surface area contributed by atoms with E-state index < -0.39 is 0 Å². The Morgan fingerprint density at radius 3 is 2.42 bits per heavy atom. The van der Waals surface area contributed by atoms with Crippen molar-refractivity contribution in [2.24, 2.45) is 0 Å². The summed E-state index contributed by atoms with van der Waals surface area (Å²) < 4.78 is 5.44. The van der Waals surface area contributed by atoms with Crippen molar-refractivity contribution in [3.05, 3.63) is 155 Å². The summed E-state index contributed by atoms with van der Waals surface area (Å²) in [5.41, 5.74) is 18.8. The Balaban J connectivity index is 1.22.